The molecule has 0 saturated heterocycles. The summed E-state index contributed by atoms with van der Waals surface area (Å²) in [4.78, 5) is 3.76. The molecule has 0 amide bonds. The van der Waals surface area contributed by atoms with Gasteiger partial charge in [-0.1, -0.05) is 0 Å². The minimum Gasteiger partial charge on any atom is -0.424 e. The Morgan fingerprint density at radius 3 is 2.87 bits per heavy atom. The Morgan fingerprint density at radius 2 is 2.27 bits per heavy atom. The molecule has 2 rings (SSSR count). The highest BCUT2D eigenvalue weighted by molar-refractivity contribution is 9.10. The molecule has 0 atom stereocenters. The topological polar surface area (TPSA) is 49.8 Å². The van der Waals surface area contributed by atoms with E-state index in [0.717, 1.165) is 0 Å². The second kappa shape index (κ2) is 3.47. The highest BCUT2D eigenvalue weighted by Gasteiger charge is 2.20. The Morgan fingerprint density at radius 1 is 1.60 bits per heavy atom. The second-order valence-corrected chi connectivity index (χ2v) is 4.00. The summed E-state index contributed by atoms with van der Waals surface area (Å²) in [5.41, 5.74) is 0.788. The van der Waals surface area contributed by atoms with E-state index in [1.165, 1.54) is 0 Å². The van der Waals surface area contributed by atoms with Gasteiger partial charge in [0.15, 0.2) is 11.4 Å². The average molecular weight is 289 g/mol. The number of aromatic nitrogens is 1. The van der Waals surface area contributed by atoms with Gasteiger partial charge in [-0.05, 0) is 40.0 Å². The maximum absolute atomic E-state index is 13.6. The first kappa shape index (κ1) is 10.4. The van der Waals surface area contributed by atoms with Gasteiger partial charge in [-0.3, -0.25) is 0 Å². The first-order chi connectivity index (χ1) is 7.06. The van der Waals surface area contributed by atoms with Crippen molar-refractivity contribution in [2.75, 3.05) is 0 Å². The normalized spacial score (nSPS) is 10.6. The van der Waals surface area contributed by atoms with Crippen molar-refractivity contribution in [3.8, 4) is 6.07 Å². The Balaban J connectivity index is 3.05. The summed E-state index contributed by atoms with van der Waals surface area (Å²) in [7, 11) is 0. The van der Waals surface area contributed by atoms with Crippen LogP contribution < -0.4 is 0 Å². The smallest absolute Gasteiger partial charge is 0.293 e. The Kier molecular flexibility index (Phi) is 2.41. The number of fused-ring (bicyclic) bond motifs is 1. The molecular weight excluding hydrogens is 286 g/mol. The Hall–Kier alpha value is -1.12. The summed E-state index contributed by atoms with van der Waals surface area (Å²) in [6.45, 7) is 1.62. The molecule has 0 N–H and O–H groups in total. The molecule has 0 bridgehead atoms. The van der Waals surface area contributed by atoms with E-state index < -0.39 is 5.82 Å². The van der Waals surface area contributed by atoms with Crippen molar-refractivity contribution >= 4 is 38.6 Å². The summed E-state index contributed by atoms with van der Waals surface area (Å²) in [6.07, 6.45) is 0. The van der Waals surface area contributed by atoms with Crippen molar-refractivity contribution in [1.82, 2.24) is 4.98 Å². The van der Waals surface area contributed by atoms with E-state index in [1.54, 1.807) is 6.92 Å². The summed E-state index contributed by atoms with van der Waals surface area (Å²) < 4.78 is 18.7. The predicted molar refractivity (Wildman–Crippen MR) is 56.1 cm³/mol. The van der Waals surface area contributed by atoms with Crippen LogP contribution in [0.1, 0.15) is 11.1 Å². The summed E-state index contributed by atoms with van der Waals surface area (Å²) in [6, 6.07) is 1.94. The molecule has 0 spiro atoms. The summed E-state index contributed by atoms with van der Waals surface area (Å²) in [5.74, 6) is -0.596. The number of nitriles is 1. The van der Waals surface area contributed by atoms with Crippen LogP contribution in [0.3, 0.4) is 0 Å². The van der Waals surface area contributed by atoms with Gasteiger partial charge < -0.3 is 4.42 Å². The third-order valence-corrected chi connectivity index (χ3v) is 3.15. The van der Waals surface area contributed by atoms with Crippen LogP contribution in [-0.2, 0) is 0 Å². The van der Waals surface area contributed by atoms with Crippen LogP contribution in [-0.4, -0.2) is 4.98 Å². The Labute approximate surface area is 97.6 Å². The fourth-order valence-electron chi connectivity index (χ4n) is 1.30. The fraction of sp³-hybridized carbons (Fsp3) is 0.111. The molecule has 0 radical (unpaired) electrons. The maximum Gasteiger partial charge on any atom is 0.293 e. The van der Waals surface area contributed by atoms with Crippen LogP contribution in [0.4, 0.5) is 4.39 Å². The Bertz CT molecular complexity index is 602. The number of halogens is 3. The van der Waals surface area contributed by atoms with E-state index in [9.17, 15) is 4.39 Å². The lowest BCUT2D eigenvalue weighted by molar-refractivity contribution is 0.552. The van der Waals surface area contributed by atoms with Crippen LogP contribution >= 0.6 is 27.5 Å². The molecule has 0 unspecified atom stereocenters. The number of oxazole rings is 1. The van der Waals surface area contributed by atoms with Crippen molar-refractivity contribution in [1.29, 1.82) is 5.26 Å². The van der Waals surface area contributed by atoms with E-state index in [-0.39, 0.29) is 26.5 Å². The van der Waals surface area contributed by atoms with Gasteiger partial charge in [-0.25, -0.2) is 4.39 Å². The lowest BCUT2D eigenvalue weighted by atomic mass is 10.1. The van der Waals surface area contributed by atoms with E-state index >= 15 is 0 Å². The van der Waals surface area contributed by atoms with Crippen molar-refractivity contribution in [3.63, 3.8) is 0 Å². The highest BCUT2D eigenvalue weighted by Crippen LogP contribution is 2.33. The van der Waals surface area contributed by atoms with E-state index in [0.29, 0.717) is 5.56 Å². The van der Waals surface area contributed by atoms with Crippen molar-refractivity contribution in [2.45, 2.75) is 6.92 Å². The molecule has 1 heterocycles. The molecule has 0 aliphatic rings. The van der Waals surface area contributed by atoms with Crippen LogP contribution in [0.2, 0.25) is 5.35 Å². The van der Waals surface area contributed by atoms with Crippen LogP contribution in [0.25, 0.3) is 11.1 Å². The zero-order valence-corrected chi connectivity index (χ0v) is 9.78. The fourth-order valence-corrected chi connectivity index (χ4v) is 1.84. The monoisotopic (exact) mass is 288 g/mol. The largest absolute Gasteiger partial charge is 0.424 e. The molecule has 0 aliphatic carbocycles. The lowest BCUT2D eigenvalue weighted by Crippen LogP contribution is -1.91. The van der Waals surface area contributed by atoms with Gasteiger partial charge in [0.05, 0.1) is 10.0 Å². The highest BCUT2D eigenvalue weighted by atomic mass is 79.9. The van der Waals surface area contributed by atoms with Gasteiger partial charge in [-0.2, -0.15) is 10.2 Å². The van der Waals surface area contributed by atoms with E-state index in [2.05, 4.69) is 20.9 Å². The summed E-state index contributed by atoms with van der Waals surface area (Å²) in [5, 5.41) is 8.74. The van der Waals surface area contributed by atoms with Crippen LogP contribution in [0.5, 0.6) is 0 Å². The molecule has 6 heteroatoms. The van der Waals surface area contributed by atoms with E-state index in [1.807, 2.05) is 6.07 Å². The number of hydrogen-bond donors (Lipinski definition) is 0. The second-order valence-electron chi connectivity index (χ2n) is 2.88. The minimum absolute atomic E-state index is 0.103. The predicted octanol–water partition coefficient (Wildman–Crippen LogP) is 3.56. The molecule has 0 fully saturated rings. The van der Waals surface area contributed by atoms with Crippen molar-refractivity contribution < 1.29 is 8.81 Å². The molecule has 0 aliphatic heterocycles. The van der Waals surface area contributed by atoms with Gasteiger partial charge >= 0.3 is 0 Å². The maximum atomic E-state index is 13.6. The van der Waals surface area contributed by atoms with Gasteiger partial charge in [0.1, 0.15) is 11.6 Å². The standard InChI is InChI=1S/C9H3BrClFN2O/c1-3-4(2-13)7-8(6(12)5(3)10)15-9(11)14-7/h1H3. The average Bonchev–Trinajstić information content (AvgIpc) is 2.58. The molecule has 0 saturated carbocycles. The third kappa shape index (κ3) is 1.41. The number of rotatable bonds is 0. The number of nitrogens with zero attached hydrogens (tertiary/aromatic N) is 2. The SMILES string of the molecule is Cc1c(Br)c(F)c2oc(Cl)nc2c1C#N. The lowest BCUT2D eigenvalue weighted by Gasteiger charge is -2.02. The number of benzene rings is 1. The van der Waals surface area contributed by atoms with Crippen LogP contribution in [0, 0.1) is 24.1 Å². The minimum atomic E-state index is -0.596. The molecule has 15 heavy (non-hydrogen) atoms. The van der Waals surface area contributed by atoms with Crippen molar-refractivity contribution in [3.05, 3.63) is 26.8 Å². The quantitative estimate of drug-likeness (QED) is 0.745. The first-order valence-electron chi connectivity index (χ1n) is 3.90. The number of hydrogen-bond acceptors (Lipinski definition) is 3. The molecule has 1 aromatic heterocycles. The molecule has 76 valence electrons. The zero-order valence-electron chi connectivity index (χ0n) is 7.44. The van der Waals surface area contributed by atoms with Gasteiger partial charge in [0.25, 0.3) is 5.35 Å². The van der Waals surface area contributed by atoms with Gasteiger partial charge in [-0.15, -0.1) is 0 Å². The third-order valence-electron chi connectivity index (χ3n) is 2.05. The van der Waals surface area contributed by atoms with Gasteiger partial charge in [0, 0.05) is 0 Å². The molecular formula is C9H3BrClFN2O. The zero-order chi connectivity index (χ0) is 11.2. The molecule has 1 aromatic carbocycles. The van der Waals surface area contributed by atoms with E-state index in [4.69, 9.17) is 21.3 Å². The van der Waals surface area contributed by atoms with Gasteiger partial charge in [0.2, 0.25) is 0 Å². The van der Waals surface area contributed by atoms with Crippen LogP contribution in [0.15, 0.2) is 8.89 Å². The van der Waals surface area contributed by atoms with Crippen molar-refractivity contribution in [2.24, 2.45) is 0 Å². The first-order valence-corrected chi connectivity index (χ1v) is 5.07. The molecule has 2 aromatic rings. The molecule has 3 nitrogen and oxygen atoms in total. The summed E-state index contributed by atoms with van der Waals surface area (Å²) >= 11 is 8.56.